The van der Waals surface area contributed by atoms with Crippen molar-refractivity contribution < 1.29 is 4.79 Å². The molecule has 2 rings (SSSR count). The summed E-state index contributed by atoms with van der Waals surface area (Å²) in [5, 5.41) is 0.707. The van der Waals surface area contributed by atoms with Gasteiger partial charge in [0.25, 0.3) is 0 Å². The van der Waals surface area contributed by atoms with Crippen LogP contribution in [0.15, 0.2) is 42.5 Å². The van der Waals surface area contributed by atoms with Crippen LogP contribution in [-0.2, 0) is 0 Å². The lowest BCUT2D eigenvalue weighted by Crippen LogP contribution is -1.96. The standard InChI is InChI=1S/C16H11Cl3O/c1-10-4-2-3-5-11(10)6-9-14(20)12-7-8-13(17)16(19)15(12)18/h2-9H,1H3. The molecule has 0 bridgehead atoms. The second-order valence-corrected chi connectivity index (χ2v) is 5.44. The molecule has 2 aromatic carbocycles. The molecule has 0 atom stereocenters. The van der Waals surface area contributed by atoms with Crippen molar-refractivity contribution in [1.82, 2.24) is 0 Å². The van der Waals surface area contributed by atoms with Gasteiger partial charge in [0.15, 0.2) is 5.78 Å². The number of rotatable bonds is 3. The van der Waals surface area contributed by atoms with Crippen molar-refractivity contribution in [2.45, 2.75) is 6.92 Å². The van der Waals surface area contributed by atoms with E-state index in [0.29, 0.717) is 10.6 Å². The highest BCUT2D eigenvalue weighted by Crippen LogP contribution is 2.33. The van der Waals surface area contributed by atoms with E-state index in [1.54, 1.807) is 18.2 Å². The third-order valence-electron chi connectivity index (χ3n) is 2.90. The first-order valence-corrected chi connectivity index (χ1v) is 7.05. The molecule has 0 aromatic heterocycles. The largest absolute Gasteiger partial charge is 0.289 e. The van der Waals surface area contributed by atoms with Crippen molar-refractivity contribution >= 4 is 46.7 Å². The lowest BCUT2D eigenvalue weighted by Gasteiger charge is -2.04. The monoisotopic (exact) mass is 324 g/mol. The fourth-order valence-electron chi connectivity index (χ4n) is 1.75. The van der Waals surface area contributed by atoms with Crippen LogP contribution in [0.1, 0.15) is 21.5 Å². The van der Waals surface area contributed by atoms with Gasteiger partial charge in [-0.25, -0.2) is 0 Å². The number of ketones is 1. The Labute approximate surface area is 132 Å². The van der Waals surface area contributed by atoms with Crippen LogP contribution in [0.2, 0.25) is 15.1 Å². The van der Waals surface area contributed by atoms with Gasteiger partial charge in [-0.05, 0) is 36.3 Å². The fourth-order valence-corrected chi connectivity index (χ4v) is 2.37. The van der Waals surface area contributed by atoms with Crippen LogP contribution in [-0.4, -0.2) is 5.78 Å². The van der Waals surface area contributed by atoms with E-state index in [1.165, 1.54) is 6.08 Å². The molecule has 0 saturated carbocycles. The Bertz CT molecular complexity index is 690. The number of aryl methyl sites for hydroxylation is 1. The zero-order valence-corrected chi connectivity index (χ0v) is 12.9. The van der Waals surface area contributed by atoms with Crippen LogP contribution >= 0.6 is 34.8 Å². The third-order valence-corrected chi connectivity index (χ3v) is 4.20. The lowest BCUT2D eigenvalue weighted by atomic mass is 10.1. The van der Waals surface area contributed by atoms with Gasteiger partial charge in [0, 0.05) is 5.56 Å². The van der Waals surface area contributed by atoms with Gasteiger partial charge in [-0.2, -0.15) is 0 Å². The first-order valence-electron chi connectivity index (χ1n) is 5.92. The molecule has 102 valence electrons. The topological polar surface area (TPSA) is 17.1 Å². The maximum absolute atomic E-state index is 12.1. The van der Waals surface area contributed by atoms with E-state index in [-0.39, 0.29) is 15.8 Å². The number of benzene rings is 2. The number of carbonyl (C=O) groups excluding carboxylic acids is 1. The van der Waals surface area contributed by atoms with E-state index in [0.717, 1.165) is 11.1 Å². The summed E-state index contributed by atoms with van der Waals surface area (Å²) in [6.07, 6.45) is 3.24. The van der Waals surface area contributed by atoms with Crippen LogP contribution in [0.25, 0.3) is 6.08 Å². The van der Waals surface area contributed by atoms with Gasteiger partial charge in [0.05, 0.1) is 15.1 Å². The summed E-state index contributed by atoms with van der Waals surface area (Å²) in [5.74, 6) is -0.211. The number of allylic oxidation sites excluding steroid dienone is 1. The second kappa shape index (κ2) is 6.45. The van der Waals surface area contributed by atoms with Gasteiger partial charge in [-0.15, -0.1) is 0 Å². The average molecular weight is 326 g/mol. The summed E-state index contributed by atoms with van der Waals surface area (Å²) in [5.41, 5.74) is 2.42. The normalized spacial score (nSPS) is 11.0. The van der Waals surface area contributed by atoms with E-state index in [4.69, 9.17) is 34.8 Å². The highest BCUT2D eigenvalue weighted by molar-refractivity contribution is 6.49. The van der Waals surface area contributed by atoms with Crippen molar-refractivity contribution in [3.05, 3.63) is 74.2 Å². The van der Waals surface area contributed by atoms with Crippen molar-refractivity contribution in [3.8, 4) is 0 Å². The fraction of sp³-hybridized carbons (Fsp3) is 0.0625. The van der Waals surface area contributed by atoms with Crippen molar-refractivity contribution in [3.63, 3.8) is 0 Å². The Kier molecular flexibility index (Phi) is 4.87. The molecule has 0 aliphatic rings. The van der Waals surface area contributed by atoms with Gasteiger partial charge in [-0.1, -0.05) is 65.1 Å². The Morgan fingerprint density at radius 1 is 1.00 bits per heavy atom. The first-order chi connectivity index (χ1) is 9.50. The molecule has 0 heterocycles. The lowest BCUT2D eigenvalue weighted by molar-refractivity contribution is 0.104. The Morgan fingerprint density at radius 2 is 1.70 bits per heavy atom. The molecule has 4 heteroatoms. The summed E-state index contributed by atoms with van der Waals surface area (Å²) in [6, 6.07) is 10.9. The molecule has 0 spiro atoms. The van der Waals surface area contributed by atoms with E-state index in [1.807, 2.05) is 31.2 Å². The zero-order valence-electron chi connectivity index (χ0n) is 10.7. The minimum Gasteiger partial charge on any atom is -0.289 e. The molecule has 2 aromatic rings. The van der Waals surface area contributed by atoms with E-state index >= 15 is 0 Å². The maximum Gasteiger partial charge on any atom is 0.187 e. The molecule has 0 fully saturated rings. The van der Waals surface area contributed by atoms with Crippen LogP contribution in [0, 0.1) is 6.92 Å². The van der Waals surface area contributed by atoms with Crippen molar-refractivity contribution in [1.29, 1.82) is 0 Å². The molecule has 20 heavy (non-hydrogen) atoms. The molecule has 1 nitrogen and oxygen atoms in total. The number of hydrogen-bond acceptors (Lipinski definition) is 1. The van der Waals surface area contributed by atoms with E-state index in [2.05, 4.69) is 0 Å². The predicted octanol–water partition coefficient (Wildman–Crippen LogP) is 5.85. The summed E-state index contributed by atoms with van der Waals surface area (Å²) in [7, 11) is 0. The van der Waals surface area contributed by atoms with Crippen LogP contribution in [0.4, 0.5) is 0 Å². The quantitative estimate of drug-likeness (QED) is 0.393. The molecular formula is C16H11Cl3O. The van der Waals surface area contributed by atoms with E-state index < -0.39 is 0 Å². The molecule has 0 aliphatic carbocycles. The number of halogens is 3. The number of hydrogen-bond donors (Lipinski definition) is 0. The van der Waals surface area contributed by atoms with Crippen molar-refractivity contribution in [2.75, 3.05) is 0 Å². The van der Waals surface area contributed by atoms with Gasteiger partial charge in [0.2, 0.25) is 0 Å². The van der Waals surface area contributed by atoms with E-state index in [9.17, 15) is 4.79 Å². The molecule has 0 saturated heterocycles. The zero-order chi connectivity index (χ0) is 14.7. The Balaban J connectivity index is 2.30. The number of carbonyl (C=O) groups is 1. The highest BCUT2D eigenvalue weighted by atomic mass is 35.5. The first kappa shape index (κ1) is 15.1. The van der Waals surface area contributed by atoms with Gasteiger partial charge in [0.1, 0.15) is 0 Å². The minimum atomic E-state index is -0.211. The molecule has 0 N–H and O–H groups in total. The average Bonchev–Trinajstić information content (AvgIpc) is 2.44. The highest BCUT2D eigenvalue weighted by Gasteiger charge is 2.13. The molecule has 0 radical (unpaired) electrons. The van der Waals surface area contributed by atoms with Crippen LogP contribution in [0.5, 0.6) is 0 Å². The van der Waals surface area contributed by atoms with Gasteiger partial charge >= 0.3 is 0 Å². The molecule has 0 amide bonds. The summed E-state index contributed by atoms with van der Waals surface area (Å²) in [4.78, 5) is 12.1. The smallest absolute Gasteiger partial charge is 0.187 e. The maximum atomic E-state index is 12.1. The minimum absolute atomic E-state index is 0.179. The van der Waals surface area contributed by atoms with Crippen LogP contribution < -0.4 is 0 Å². The summed E-state index contributed by atoms with van der Waals surface area (Å²) in [6.45, 7) is 1.98. The Hall–Kier alpha value is -1.28. The summed E-state index contributed by atoms with van der Waals surface area (Å²) < 4.78 is 0. The summed E-state index contributed by atoms with van der Waals surface area (Å²) >= 11 is 17.8. The molecule has 0 aliphatic heterocycles. The van der Waals surface area contributed by atoms with Gasteiger partial charge < -0.3 is 0 Å². The SMILES string of the molecule is Cc1ccccc1C=CC(=O)c1ccc(Cl)c(Cl)c1Cl. The third kappa shape index (κ3) is 3.24. The van der Waals surface area contributed by atoms with Gasteiger partial charge in [-0.3, -0.25) is 4.79 Å². The van der Waals surface area contributed by atoms with Crippen molar-refractivity contribution in [2.24, 2.45) is 0 Å². The molecular weight excluding hydrogens is 315 g/mol. The second-order valence-electron chi connectivity index (χ2n) is 4.28. The van der Waals surface area contributed by atoms with Crippen LogP contribution in [0.3, 0.4) is 0 Å². The predicted molar refractivity (Wildman–Crippen MR) is 86.0 cm³/mol. The molecule has 0 unspecified atom stereocenters. The Morgan fingerprint density at radius 3 is 2.40 bits per heavy atom.